The van der Waals surface area contributed by atoms with Gasteiger partial charge in [-0.25, -0.2) is 8.78 Å². The molecule has 0 aromatic heterocycles. The molecule has 0 spiro atoms. The number of alkyl halides is 2. The molecule has 1 saturated heterocycles. The molecule has 0 atom stereocenters. The minimum absolute atomic E-state index is 0.0310. The Labute approximate surface area is 260 Å². The Kier molecular flexibility index (Phi) is 10.4. The van der Waals surface area contributed by atoms with Crippen molar-refractivity contribution >= 4 is 17.7 Å². The molecular formula is C37H43ClF2N2O. The molecule has 0 bridgehead atoms. The number of allylic oxidation sites excluding steroid dienone is 1. The average molecular weight is 605 g/mol. The first-order valence-corrected chi connectivity index (χ1v) is 15.8. The van der Waals surface area contributed by atoms with E-state index in [1.54, 1.807) is 5.57 Å². The maximum atomic E-state index is 13.5. The van der Waals surface area contributed by atoms with E-state index < -0.39 is 5.92 Å². The Morgan fingerprint density at radius 2 is 1.77 bits per heavy atom. The van der Waals surface area contributed by atoms with Gasteiger partial charge in [-0.2, -0.15) is 0 Å². The topological polar surface area (TPSA) is 24.5 Å². The van der Waals surface area contributed by atoms with Crippen molar-refractivity contribution in [3.8, 4) is 16.9 Å². The van der Waals surface area contributed by atoms with Gasteiger partial charge in [0.2, 0.25) is 0 Å². The highest BCUT2D eigenvalue weighted by Crippen LogP contribution is 2.33. The molecule has 3 nitrogen and oxygen atoms in total. The van der Waals surface area contributed by atoms with Gasteiger partial charge in [-0.1, -0.05) is 71.8 Å². The van der Waals surface area contributed by atoms with Crippen LogP contribution in [0, 0.1) is 20.8 Å². The summed E-state index contributed by atoms with van der Waals surface area (Å²) in [6.45, 7) is 9.49. The summed E-state index contributed by atoms with van der Waals surface area (Å²) >= 11 is 6.66. The van der Waals surface area contributed by atoms with E-state index in [9.17, 15) is 8.78 Å². The Bertz CT molecular complexity index is 1490. The highest BCUT2D eigenvalue weighted by atomic mass is 35.5. The number of benzene rings is 3. The zero-order valence-electron chi connectivity index (χ0n) is 25.6. The zero-order valence-corrected chi connectivity index (χ0v) is 26.4. The van der Waals surface area contributed by atoms with Crippen LogP contribution in [0.4, 0.5) is 8.78 Å². The highest BCUT2D eigenvalue weighted by Gasteiger charge is 2.37. The Morgan fingerprint density at radius 3 is 2.49 bits per heavy atom. The van der Waals surface area contributed by atoms with E-state index in [1.165, 1.54) is 47.1 Å². The first-order chi connectivity index (χ1) is 20.7. The van der Waals surface area contributed by atoms with Crippen LogP contribution in [0.2, 0.25) is 5.02 Å². The van der Waals surface area contributed by atoms with Gasteiger partial charge >= 0.3 is 0 Å². The van der Waals surface area contributed by atoms with E-state index in [4.69, 9.17) is 16.3 Å². The summed E-state index contributed by atoms with van der Waals surface area (Å²) in [4.78, 5) is 1.85. The quantitative estimate of drug-likeness (QED) is 0.165. The summed E-state index contributed by atoms with van der Waals surface area (Å²) in [6.07, 6.45) is 11.1. The lowest BCUT2D eigenvalue weighted by atomic mass is 9.91. The number of ether oxygens (including phenoxy) is 1. The molecule has 5 rings (SSSR count). The molecule has 0 radical (unpaired) electrons. The Balaban J connectivity index is 1.21. The first-order valence-electron chi connectivity index (χ1n) is 15.5. The maximum Gasteiger partial charge on any atom is 0.261 e. The van der Waals surface area contributed by atoms with Gasteiger partial charge in [0.15, 0.2) is 0 Å². The van der Waals surface area contributed by atoms with Crippen molar-refractivity contribution in [2.24, 2.45) is 0 Å². The lowest BCUT2D eigenvalue weighted by Crippen LogP contribution is -2.25. The van der Waals surface area contributed by atoms with Crippen LogP contribution in [0.3, 0.4) is 0 Å². The normalized spacial score (nSPS) is 16.6. The molecule has 3 aromatic carbocycles. The predicted octanol–water partition coefficient (Wildman–Crippen LogP) is 9.46. The maximum absolute atomic E-state index is 13.5. The molecule has 2 fully saturated rings. The average Bonchev–Trinajstić information content (AvgIpc) is 3.30. The third kappa shape index (κ3) is 8.14. The molecule has 1 N–H and O–H groups in total. The molecule has 1 aliphatic heterocycles. The predicted molar refractivity (Wildman–Crippen MR) is 175 cm³/mol. The second-order valence-corrected chi connectivity index (χ2v) is 12.4. The van der Waals surface area contributed by atoms with E-state index in [-0.39, 0.29) is 13.0 Å². The molecule has 0 amide bonds. The molecule has 6 heteroatoms. The van der Waals surface area contributed by atoms with Gasteiger partial charge in [0.05, 0.1) is 11.6 Å². The largest absolute Gasteiger partial charge is 0.487 e. The van der Waals surface area contributed by atoms with E-state index in [0.29, 0.717) is 30.5 Å². The van der Waals surface area contributed by atoms with Crippen LogP contribution in [0.5, 0.6) is 5.75 Å². The monoisotopic (exact) mass is 604 g/mol. The lowest BCUT2D eigenvalue weighted by Gasteiger charge is -2.17. The van der Waals surface area contributed by atoms with Gasteiger partial charge < -0.3 is 10.1 Å². The molecule has 3 aromatic rings. The van der Waals surface area contributed by atoms with Crippen molar-refractivity contribution in [3.63, 3.8) is 0 Å². The van der Waals surface area contributed by atoms with Gasteiger partial charge in [0.25, 0.3) is 5.92 Å². The van der Waals surface area contributed by atoms with Crippen LogP contribution in [0.1, 0.15) is 65.5 Å². The number of hydrogen-bond acceptors (Lipinski definition) is 3. The highest BCUT2D eigenvalue weighted by molar-refractivity contribution is 6.32. The summed E-state index contributed by atoms with van der Waals surface area (Å²) in [5, 5.41) is 4.13. The van der Waals surface area contributed by atoms with Gasteiger partial charge in [-0.3, -0.25) is 4.90 Å². The van der Waals surface area contributed by atoms with Crippen LogP contribution in [0.15, 0.2) is 66.3 Å². The summed E-state index contributed by atoms with van der Waals surface area (Å²) in [5.41, 5.74) is 10.9. The SMILES string of the molecule is Cc1cc(OCc2cccc(-c3cccc(/C=C/CCN4CCC(F)(F)C4)c3C)c2C)c(Cl)cc1CNCC=C1CCC1. The van der Waals surface area contributed by atoms with Crippen LogP contribution < -0.4 is 10.1 Å². The number of likely N-dealkylation sites (tertiary alicyclic amines) is 1. The van der Waals surface area contributed by atoms with Crippen LogP contribution in [-0.2, 0) is 13.2 Å². The van der Waals surface area contributed by atoms with Crippen LogP contribution in [-0.4, -0.2) is 37.0 Å². The smallest absolute Gasteiger partial charge is 0.261 e. The number of rotatable bonds is 12. The zero-order chi connectivity index (χ0) is 30.4. The fraction of sp³-hybridized carbons (Fsp3) is 0.405. The van der Waals surface area contributed by atoms with Gasteiger partial charge in [-0.05, 0) is 103 Å². The third-order valence-electron chi connectivity index (χ3n) is 8.89. The summed E-state index contributed by atoms with van der Waals surface area (Å²) < 4.78 is 33.2. The van der Waals surface area contributed by atoms with E-state index >= 15 is 0 Å². The van der Waals surface area contributed by atoms with Gasteiger partial charge in [0.1, 0.15) is 12.4 Å². The lowest BCUT2D eigenvalue weighted by molar-refractivity contribution is 0.0124. The van der Waals surface area contributed by atoms with Crippen LogP contribution in [0.25, 0.3) is 17.2 Å². The third-order valence-corrected chi connectivity index (χ3v) is 9.19. The second-order valence-electron chi connectivity index (χ2n) is 12.0. The fourth-order valence-corrected chi connectivity index (χ4v) is 6.12. The fourth-order valence-electron chi connectivity index (χ4n) is 5.88. The van der Waals surface area contributed by atoms with E-state index in [0.717, 1.165) is 36.2 Å². The molecule has 0 unspecified atom stereocenters. The van der Waals surface area contributed by atoms with Gasteiger partial charge in [0, 0.05) is 32.6 Å². The number of nitrogens with zero attached hydrogens (tertiary/aromatic N) is 1. The second kappa shape index (κ2) is 14.2. The number of halogens is 3. The van der Waals surface area contributed by atoms with Crippen molar-refractivity contribution in [1.82, 2.24) is 10.2 Å². The molecule has 1 saturated carbocycles. The summed E-state index contributed by atoms with van der Waals surface area (Å²) in [5.74, 6) is -1.84. The Hall–Kier alpha value is -2.99. The van der Waals surface area contributed by atoms with Crippen LogP contribution >= 0.6 is 11.6 Å². The number of aryl methyl sites for hydroxylation is 1. The minimum Gasteiger partial charge on any atom is -0.487 e. The molecular weight excluding hydrogens is 562 g/mol. The molecule has 1 heterocycles. The first kappa shape index (κ1) is 31.4. The van der Waals surface area contributed by atoms with Crippen molar-refractivity contribution in [3.05, 3.63) is 105 Å². The molecule has 2 aliphatic rings. The molecule has 43 heavy (non-hydrogen) atoms. The van der Waals surface area contributed by atoms with E-state index in [2.05, 4.69) is 80.7 Å². The molecule has 228 valence electrons. The van der Waals surface area contributed by atoms with Crippen molar-refractivity contribution in [2.75, 3.05) is 26.2 Å². The number of hydrogen-bond donors (Lipinski definition) is 1. The Morgan fingerprint density at radius 1 is 1.00 bits per heavy atom. The van der Waals surface area contributed by atoms with Gasteiger partial charge in [-0.15, -0.1) is 0 Å². The van der Waals surface area contributed by atoms with E-state index in [1.807, 2.05) is 17.0 Å². The minimum atomic E-state index is -2.54. The summed E-state index contributed by atoms with van der Waals surface area (Å²) in [7, 11) is 0. The number of nitrogens with one attached hydrogen (secondary N) is 1. The molecule has 1 aliphatic carbocycles. The van der Waals surface area contributed by atoms with Crippen molar-refractivity contribution in [1.29, 1.82) is 0 Å². The summed E-state index contributed by atoms with van der Waals surface area (Å²) in [6, 6.07) is 16.7. The van der Waals surface area contributed by atoms with Crippen molar-refractivity contribution in [2.45, 2.75) is 71.9 Å². The standard InChI is InChI=1S/C37H43ClF2N2O/c1-26-21-36(35(38)22-32(26)23-41-18-16-29-9-6-10-29)43-24-31-13-8-15-34(28(31)3)33-14-7-12-30(27(33)2)11-4-5-19-42-20-17-37(39,40)25-42/h4,7-8,11-16,21-22,41H,5-6,9-10,17-20,23-25H2,1-3H3/b11-4+. The van der Waals surface area contributed by atoms with Crippen molar-refractivity contribution < 1.29 is 13.5 Å².